The van der Waals surface area contributed by atoms with Crippen molar-refractivity contribution in [3.63, 3.8) is 0 Å². The molecule has 2 aromatic carbocycles. The third-order valence-electron chi connectivity index (χ3n) is 6.51. The van der Waals surface area contributed by atoms with Gasteiger partial charge in [0.05, 0.1) is 6.42 Å². The fourth-order valence-corrected chi connectivity index (χ4v) is 5.07. The first-order valence-corrected chi connectivity index (χ1v) is 11.1. The number of nitrogens with two attached hydrogens (primary N) is 1. The van der Waals surface area contributed by atoms with Crippen LogP contribution < -0.4 is 5.73 Å². The summed E-state index contributed by atoms with van der Waals surface area (Å²) in [5, 5.41) is 1.08. The molecule has 0 bridgehead atoms. The molecule has 4 amide bonds. The number of hydrogen-bond donors (Lipinski definition) is 2. The predicted molar refractivity (Wildman–Crippen MR) is 121 cm³/mol. The summed E-state index contributed by atoms with van der Waals surface area (Å²) < 4.78 is 0. The number of urea groups is 1. The minimum atomic E-state index is -0.532. The van der Waals surface area contributed by atoms with E-state index in [1.807, 2.05) is 49.4 Å². The molecular weight excluding hydrogens is 404 g/mol. The highest BCUT2D eigenvalue weighted by Gasteiger charge is 2.52. The van der Waals surface area contributed by atoms with Crippen LogP contribution >= 0.6 is 0 Å². The van der Waals surface area contributed by atoms with Crippen molar-refractivity contribution < 1.29 is 14.4 Å². The first kappa shape index (κ1) is 20.3. The number of aromatic amines is 1. The lowest BCUT2D eigenvalue weighted by Gasteiger charge is -2.36. The van der Waals surface area contributed by atoms with Gasteiger partial charge in [-0.1, -0.05) is 55.8 Å². The van der Waals surface area contributed by atoms with Crippen LogP contribution in [0.5, 0.6) is 0 Å². The van der Waals surface area contributed by atoms with E-state index in [2.05, 4.69) is 11.1 Å². The van der Waals surface area contributed by atoms with Crippen molar-refractivity contribution in [3.05, 3.63) is 70.9 Å². The standard InChI is InChI=1S/C25H26N4O3/c1-2-3-11-28-24(31)20-14-18-17-9-4-5-10-19(17)27-22(18)23(29(20)25(28)32)16-8-6-7-15(12-16)13-21(26)30/h4-10,12,20,23,27H,2-3,11,13-14H2,1H3,(H2,26,30)/t20-,23+/m0/s1. The smallest absolute Gasteiger partial charge is 0.328 e. The molecule has 5 rings (SSSR count). The summed E-state index contributed by atoms with van der Waals surface area (Å²) in [6.07, 6.45) is 2.30. The molecule has 0 radical (unpaired) electrons. The zero-order chi connectivity index (χ0) is 22.4. The Hall–Kier alpha value is -3.61. The summed E-state index contributed by atoms with van der Waals surface area (Å²) in [4.78, 5) is 44.9. The second-order valence-electron chi connectivity index (χ2n) is 8.61. The second-order valence-corrected chi connectivity index (χ2v) is 8.61. The number of aromatic nitrogens is 1. The molecule has 2 aliphatic heterocycles. The molecule has 0 saturated carbocycles. The Morgan fingerprint density at radius 2 is 1.97 bits per heavy atom. The van der Waals surface area contributed by atoms with E-state index in [1.54, 1.807) is 4.90 Å². The van der Waals surface area contributed by atoms with Crippen LogP contribution in [0.2, 0.25) is 0 Å². The number of hydrogen-bond acceptors (Lipinski definition) is 3. The van der Waals surface area contributed by atoms with Crippen molar-refractivity contribution in [2.45, 2.75) is 44.7 Å². The van der Waals surface area contributed by atoms with Crippen molar-refractivity contribution in [3.8, 4) is 0 Å². The molecule has 2 atom stereocenters. The fraction of sp³-hybridized carbons (Fsp3) is 0.320. The summed E-state index contributed by atoms with van der Waals surface area (Å²) in [6.45, 7) is 2.48. The van der Waals surface area contributed by atoms with E-state index in [0.29, 0.717) is 13.0 Å². The quantitative estimate of drug-likeness (QED) is 0.587. The summed E-state index contributed by atoms with van der Waals surface area (Å²) in [5.74, 6) is -0.536. The Labute approximate surface area is 186 Å². The monoisotopic (exact) mass is 430 g/mol. The van der Waals surface area contributed by atoms with E-state index in [-0.39, 0.29) is 18.4 Å². The van der Waals surface area contributed by atoms with E-state index in [1.165, 1.54) is 4.90 Å². The maximum absolute atomic E-state index is 13.5. The van der Waals surface area contributed by atoms with Gasteiger partial charge in [0.2, 0.25) is 5.91 Å². The van der Waals surface area contributed by atoms with Crippen LogP contribution in [0.15, 0.2) is 48.5 Å². The van der Waals surface area contributed by atoms with Crippen molar-refractivity contribution >= 4 is 28.7 Å². The number of imide groups is 1. The van der Waals surface area contributed by atoms with Gasteiger partial charge in [-0.25, -0.2) is 4.79 Å². The molecule has 32 heavy (non-hydrogen) atoms. The minimum absolute atomic E-state index is 0.124. The van der Waals surface area contributed by atoms with Gasteiger partial charge in [0.25, 0.3) is 5.91 Å². The van der Waals surface area contributed by atoms with E-state index >= 15 is 0 Å². The van der Waals surface area contributed by atoms with Crippen molar-refractivity contribution in [1.29, 1.82) is 0 Å². The Morgan fingerprint density at radius 3 is 2.75 bits per heavy atom. The number of amides is 4. The molecule has 7 nitrogen and oxygen atoms in total. The van der Waals surface area contributed by atoms with Crippen LogP contribution in [0.1, 0.15) is 48.2 Å². The number of H-pyrrole nitrogens is 1. The summed E-state index contributed by atoms with van der Waals surface area (Å²) >= 11 is 0. The van der Waals surface area contributed by atoms with Gasteiger partial charge in [0.15, 0.2) is 0 Å². The number of rotatable bonds is 6. The van der Waals surface area contributed by atoms with Crippen LogP contribution in [-0.2, 0) is 22.4 Å². The average molecular weight is 431 g/mol. The predicted octanol–water partition coefficient (Wildman–Crippen LogP) is 3.27. The molecular formula is C25H26N4O3. The number of carbonyl (C=O) groups excluding carboxylic acids is 3. The van der Waals surface area contributed by atoms with Gasteiger partial charge in [-0.3, -0.25) is 19.4 Å². The number of nitrogens with one attached hydrogen (secondary N) is 1. The molecule has 3 N–H and O–H groups in total. The summed E-state index contributed by atoms with van der Waals surface area (Å²) in [5.41, 5.74) is 10.0. The van der Waals surface area contributed by atoms with E-state index in [0.717, 1.165) is 46.1 Å². The maximum atomic E-state index is 13.5. The third kappa shape index (κ3) is 3.16. The number of nitrogens with zero attached hydrogens (tertiary/aromatic N) is 2. The Bertz CT molecular complexity index is 1230. The largest absolute Gasteiger partial charge is 0.369 e. The van der Waals surface area contributed by atoms with Crippen LogP contribution in [0.25, 0.3) is 10.9 Å². The fourth-order valence-electron chi connectivity index (χ4n) is 5.07. The molecule has 0 aliphatic carbocycles. The Kier molecular flexibility index (Phi) is 4.96. The lowest BCUT2D eigenvalue weighted by atomic mass is 9.88. The molecule has 1 saturated heterocycles. The van der Waals surface area contributed by atoms with Crippen molar-refractivity contribution in [1.82, 2.24) is 14.8 Å². The first-order chi connectivity index (χ1) is 15.5. The zero-order valence-electron chi connectivity index (χ0n) is 18.0. The first-order valence-electron chi connectivity index (χ1n) is 11.1. The highest BCUT2D eigenvalue weighted by atomic mass is 16.2. The summed E-state index contributed by atoms with van der Waals surface area (Å²) in [6, 6.07) is 14.4. The lowest BCUT2D eigenvalue weighted by Crippen LogP contribution is -2.44. The van der Waals surface area contributed by atoms with Crippen molar-refractivity contribution in [2.75, 3.05) is 6.54 Å². The van der Waals surface area contributed by atoms with Crippen LogP contribution in [0.4, 0.5) is 4.79 Å². The van der Waals surface area contributed by atoms with Crippen LogP contribution in [0, 0.1) is 0 Å². The Balaban J connectivity index is 1.66. The topological polar surface area (TPSA) is 99.5 Å². The normalized spacial score (nSPS) is 20.0. The lowest BCUT2D eigenvalue weighted by molar-refractivity contribution is -0.128. The molecule has 2 aliphatic rings. The highest BCUT2D eigenvalue weighted by molar-refractivity contribution is 6.05. The molecule has 0 spiro atoms. The number of benzene rings is 2. The van der Waals surface area contributed by atoms with Crippen LogP contribution in [0.3, 0.4) is 0 Å². The highest BCUT2D eigenvalue weighted by Crippen LogP contribution is 2.44. The number of unbranched alkanes of at least 4 members (excludes halogenated alkanes) is 1. The number of para-hydroxylation sites is 1. The Morgan fingerprint density at radius 1 is 1.16 bits per heavy atom. The number of fused-ring (bicyclic) bond motifs is 4. The van der Waals surface area contributed by atoms with E-state index in [4.69, 9.17) is 5.73 Å². The minimum Gasteiger partial charge on any atom is -0.369 e. The number of carbonyl (C=O) groups is 3. The third-order valence-corrected chi connectivity index (χ3v) is 6.51. The molecule has 7 heteroatoms. The number of primary amides is 1. The molecule has 3 heterocycles. The maximum Gasteiger partial charge on any atom is 0.328 e. The van der Waals surface area contributed by atoms with Crippen LogP contribution in [-0.4, -0.2) is 45.2 Å². The van der Waals surface area contributed by atoms with E-state index in [9.17, 15) is 14.4 Å². The second kappa shape index (κ2) is 7.82. The van der Waals surface area contributed by atoms with Gasteiger partial charge in [-0.15, -0.1) is 0 Å². The van der Waals surface area contributed by atoms with Gasteiger partial charge in [-0.2, -0.15) is 0 Å². The van der Waals surface area contributed by atoms with Gasteiger partial charge in [-0.05, 0) is 29.2 Å². The van der Waals surface area contributed by atoms with Gasteiger partial charge >= 0.3 is 6.03 Å². The van der Waals surface area contributed by atoms with E-state index < -0.39 is 18.0 Å². The molecule has 1 aromatic heterocycles. The zero-order valence-corrected chi connectivity index (χ0v) is 18.0. The van der Waals surface area contributed by atoms with Gasteiger partial charge < -0.3 is 10.7 Å². The average Bonchev–Trinajstić information content (AvgIpc) is 3.26. The molecule has 164 valence electrons. The molecule has 0 unspecified atom stereocenters. The van der Waals surface area contributed by atoms with Gasteiger partial charge in [0, 0.05) is 29.6 Å². The summed E-state index contributed by atoms with van der Waals surface area (Å²) in [7, 11) is 0. The molecule has 3 aromatic rings. The molecule has 1 fully saturated rings. The SMILES string of the molecule is CCCCN1C(=O)[C@@H]2Cc3c([nH]c4ccccc34)[C@@H](c3cccc(CC(N)=O)c3)N2C1=O. The van der Waals surface area contributed by atoms with Crippen molar-refractivity contribution in [2.24, 2.45) is 5.73 Å². The van der Waals surface area contributed by atoms with Gasteiger partial charge in [0.1, 0.15) is 12.1 Å².